The highest BCUT2D eigenvalue weighted by Crippen LogP contribution is 2.32. The van der Waals surface area contributed by atoms with E-state index in [0.717, 1.165) is 49.7 Å². The molecule has 1 aliphatic heterocycles. The van der Waals surface area contributed by atoms with E-state index in [2.05, 4.69) is 80.4 Å². The highest BCUT2D eigenvalue weighted by atomic mass is 15.2. The molecule has 0 saturated carbocycles. The predicted molar refractivity (Wildman–Crippen MR) is 122 cm³/mol. The second kappa shape index (κ2) is 8.24. The van der Waals surface area contributed by atoms with E-state index in [1.54, 1.807) is 0 Å². The molecule has 4 heteroatoms. The van der Waals surface area contributed by atoms with Crippen molar-refractivity contribution in [3.63, 3.8) is 0 Å². The number of hydrogen-bond donors (Lipinski definition) is 1. The predicted octanol–water partition coefficient (Wildman–Crippen LogP) is 5.45. The lowest BCUT2D eigenvalue weighted by Gasteiger charge is -2.32. The Morgan fingerprint density at radius 3 is 2.38 bits per heavy atom. The molecule has 2 aromatic carbocycles. The lowest BCUT2D eigenvalue weighted by Crippen LogP contribution is -2.32. The van der Waals surface area contributed by atoms with Gasteiger partial charge in [-0.3, -0.25) is 0 Å². The lowest BCUT2D eigenvalue weighted by molar-refractivity contribution is 0.705. The smallest absolute Gasteiger partial charge is 0.162 e. The van der Waals surface area contributed by atoms with E-state index >= 15 is 0 Å². The molecule has 0 radical (unpaired) electrons. The third kappa shape index (κ3) is 3.84. The Bertz CT molecular complexity index is 1010. The summed E-state index contributed by atoms with van der Waals surface area (Å²) in [5, 5.41) is 3.58. The number of nitrogens with one attached hydrogen (secondary N) is 1. The molecule has 0 spiro atoms. The summed E-state index contributed by atoms with van der Waals surface area (Å²) in [6.07, 6.45) is 2.00. The van der Waals surface area contributed by atoms with Gasteiger partial charge in [-0.1, -0.05) is 43.3 Å². The Labute approximate surface area is 174 Å². The number of aryl methyl sites for hydroxylation is 3. The van der Waals surface area contributed by atoms with Crippen molar-refractivity contribution in [3.05, 3.63) is 70.4 Å². The van der Waals surface area contributed by atoms with Crippen molar-refractivity contribution in [2.75, 3.05) is 23.3 Å². The maximum atomic E-state index is 5.05. The summed E-state index contributed by atoms with van der Waals surface area (Å²) in [4.78, 5) is 12.5. The average Bonchev–Trinajstić information content (AvgIpc) is 2.72. The Morgan fingerprint density at radius 2 is 1.66 bits per heavy atom. The fraction of sp³-hybridized carbons (Fsp3) is 0.360. The van der Waals surface area contributed by atoms with Gasteiger partial charge in [-0.15, -0.1) is 0 Å². The molecule has 0 atom stereocenters. The standard InChI is InChI=1S/C25H30N4/c1-5-14-26-24-20-16-29(22-12-7-6-9-17(22)2)15-13-21(20)27-25(28-24)23-18(3)10-8-11-19(23)4/h6-12H,5,13-16H2,1-4H3,(H,26,27,28). The van der Waals surface area contributed by atoms with Crippen molar-refractivity contribution in [1.82, 2.24) is 9.97 Å². The molecule has 4 nitrogen and oxygen atoms in total. The SMILES string of the molecule is CCCNc1nc(-c2c(C)cccc2C)nc2c1CN(c1ccccc1C)CC2. The van der Waals surface area contributed by atoms with E-state index in [1.807, 2.05) is 0 Å². The van der Waals surface area contributed by atoms with E-state index in [4.69, 9.17) is 9.97 Å². The van der Waals surface area contributed by atoms with Gasteiger partial charge < -0.3 is 10.2 Å². The molecule has 29 heavy (non-hydrogen) atoms. The molecule has 0 bridgehead atoms. The number of fused-ring (bicyclic) bond motifs is 1. The zero-order chi connectivity index (χ0) is 20.4. The monoisotopic (exact) mass is 386 g/mol. The Kier molecular flexibility index (Phi) is 5.52. The number of benzene rings is 2. The fourth-order valence-corrected chi connectivity index (χ4v) is 4.21. The van der Waals surface area contributed by atoms with Gasteiger partial charge in [0.25, 0.3) is 0 Å². The van der Waals surface area contributed by atoms with Gasteiger partial charge in [-0.2, -0.15) is 0 Å². The molecule has 150 valence electrons. The van der Waals surface area contributed by atoms with Crippen LogP contribution < -0.4 is 10.2 Å². The van der Waals surface area contributed by atoms with Gasteiger partial charge in [0.15, 0.2) is 5.82 Å². The van der Waals surface area contributed by atoms with Crippen LogP contribution in [-0.2, 0) is 13.0 Å². The molecule has 0 saturated heterocycles. The zero-order valence-corrected chi connectivity index (χ0v) is 17.9. The van der Waals surface area contributed by atoms with E-state index in [-0.39, 0.29) is 0 Å². The summed E-state index contributed by atoms with van der Waals surface area (Å²) in [6.45, 7) is 11.4. The van der Waals surface area contributed by atoms with E-state index in [9.17, 15) is 0 Å². The van der Waals surface area contributed by atoms with Crippen LogP contribution in [0, 0.1) is 20.8 Å². The van der Waals surface area contributed by atoms with Crippen molar-refractivity contribution in [3.8, 4) is 11.4 Å². The molecule has 1 aromatic heterocycles. The number of para-hydroxylation sites is 1. The molecular formula is C25H30N4. The van der Waals surface area contributed by atoms with Gasteiger partial charge in [0.2, 0.25) is 0 Å². The molecule has 0 aliphatic carbocycles. The quantitative estimate of drug-likeness (QED) is 0.633. The van der Waals surface area contributed by atoms with Crippen molar-refractivity contribution in [2.24, 2.45) is 0 Å². The average molecular weight is 387 g/mol. The van der Waals surface area contributed by atoms with Crippen LogP contribution in [-0.4, -0.2) is 23.1 Å². The number of aromatic nitrogens is 2. The minimum Gasteiger partial charge on any atom is -0.370 e. The molecular weight excluding hydrogens is 356 g/mol. The molecule has 0 fully saturated rings. The Morgan fingerprint density at radius 1 is 0.931 bits per heavy atom. The van der Waals surface area contributed by atoms with Crippen LogP contribution in [0.4, 0.5) is 11.5 Å². The molecule has 0 amide bonds. The molecule has 2 heterocycles. The third-order valence-corrected chi connectivity index (χ3v) is 5.76. The van der Waals surface area contributed by atoms with Gasteiger partial charge in [0.05, 0.1) is 5.69 Å². The molecule has 4 rings (SSSR count). The van der Waals surface area contributed by atoms with E-state index in [1.165, 1.54) is 33.6 Å². The van der Waals surface area contributed by atoms with Crippen LogP contribution >= 0.6 is 0 Å². The number of rotatable bonds is 5. The molecule has 1 N–H and O–H groups in total. The van der Waals surface area contributed by atoms with Gasteiger partial charge >= 0.3 is 0 Å². The molecule has 0 unspecified atom stereocenters. The maximum absolute atomic E-state index is 5.05. The maximum Gasteiger partial charge on any atom is 0.162 e. The van der Waals surface area contributed by atoms with Crippen molar-refractivity contribution in [2.45, 2.75) is 47.1 Å². The van der Waals surface area contributed by atoms with Crippen molar-refractivity contribution >= 4 is 11.5 Å². The first kappa shape index (κ1) is 19.4. The highest BCUT2D eigenvalue weighted by Gasteiger charge is 2.24. The number of anilines is 2. The van der Waals surface area contributed by atoms with Gasteiger partial charge in [-0.25, -0.2) is 9.97 Å². The first-order valence-electron chi connectivity index (χ1n) is 10.6. The minimum absolute atomic E-state index is 0.846. The summed E-state index contributed by atoms with van der Waals surface area (Å²) in [5.41, 5.74) is 8.65. The Hall–Kier alpha value is -2.88. The second-order valence-electron chi connectivity index (χ2n) is 7.97. The largest absolute Gasteiger partial charge is 0.370 e. The summed E-state index contributed by atoms with van der Waals surface area (Å²) < 4.78 is 0. The first-order chi connectivity index (χ1) is 14.1. The van der Waals surface area contributed by atoms with E-state index in [0.29, 0.717) is 0 Å². The Balaban J connectivity index is 1.77. The summed E-state index contributed by atoms with van der Waals surface area (Å²) >= 11 is 0. The van der Waals surface area contributed by atoms with Crippen LogP contribution in [0.1, 0.15) is 41.3 Å². The van der Waals surface area contributed by atoms with Gasteiger partial charge in [0, 0.05) is 42.9 Å². The van der Waals surface area contributed by atoms with Crippen LogP contribution in [0.25, 0.3) is 11.4 Å². The van der Waals surface area contributed by atoms with Crippen LogP contribution in [0.3, 0.4) is 0 Å². The normalized spacial score (nSPS) is 13.3. The van der Waals surface area contributed by atoms with Crippen molar-refractivity contribution < 1.29 is 0 Å². The highest BCUT2D eigenvalue weighted by molar-refractivity contribution is 5.68. The van der Waals surface area contributed by atoms with Crippen LogP contribution in [0.2, 0.25) is 0 Å². The van der Waals surface area contributed by atoms with E-state index < -0.39 is 0 Å². The van der Waals surface area contributed by atoms with Gasteiger partial charge in [0.1, 0.15) is 5.82 Å². The summed E-state index contributed by atoms with van der Waals surface area (Å²) in [6, 6.07) is 15.0. The minimum atomic E-state index is 0.846. The van der Waals surface area contributed by atoms with Gasteiger partial charge in [-0.05, 0) is 49.9 Å². The summed E-state index contributed by atoms with van der Waals surface area (Å²) in [5.74, 6) is 1.84. The topological polar surface area (TPSA) is 41.1 Å². The molecule has 1 aliphatic rings. The first-order valence-corrected chi connectivity index (χ1v) is 10.6. The number of hydrogen-bond acceptors (Lipinski definition) is 4. The van der Waals surface area contributed by atoms with Crippen molar-refractivity contribution in [1.29, 1.82) is 0 Å². The van der Waals surface area contributed by atoms with Crippen LogP contribution in [0.5, 0.6) is 0 Å². The van der Waals surface area contributed by atoms with Crippen LogP contribution in [0.15, 0.2) is 42.5 Å². The lowest BCUT2D eigenvalue weighted by atomic mass is 10.00. The molecule has 3 aromatic rings. The zero-order valence-electron chi connectivity index (χ0n) is 17.9. The fourth-order valence-electron chi connectivity index (χ4n) is 4.21. The number of nitrogens with zero attached hydrogens (tertiary/aromatic N) is 3. The summed E-state index contributed by atoms with van der Waals surface area (Å²) in [7, 11) is 0. The second-order valence-corrected chi connectivity index (χ2v) is 7.97. The third-order valence-electron chi connectivity index (χ3n) is 5.76.